The average Bonchev–Trinajstić information content (AvgIpc) is 2.43. The minimum absolute atomic E-state index is 0.0455. The number of hydrogen-bond acceptors (Lipinski definition) is 2. The first kappa shape index (κ1) is 11.1. The Hall–Kier alpha value is -1.00. The molecule has 0 aliphatic carbocycles. The van der Waals surface area contributed by atoms with Crippen LogP contribution >= 0.6 is 23.2 Å². The van der Waals surface area contributed by atoms with Gasteiger partial charge in [0.2, 0.25) is 0 Å². The lowest BCUT2D eigenvalue weighted by Crippen LogP contribution is -2.02. The monoisotopic (exact) mass is 234 g/mol. The third-order valence-electron chi connectivity index (χ3n) is 1.58. The number of hydrogen-bond donors (Lipinski definition) is 1. The smallest absolute Gasteiger partial charge is 0.356 e. The second-order valence-electron chi connectivity index (χ2n) is 2.68. The molecule has 0 atom stereocenters. The van der Waals surface area contributed by atoms with Crippen LogP contribution in [-0.2, 0) is 6.54 Å². The minimum atomic E-state index is -1.04. The van der Waals surface area contributed by atoms with Gasteiger partial charge in [-0.1, -0.05) is 23.2 Å². The zero-order valence-corrected chi connectivity index (χ0v) is 8.88. The van der Waals surface area contributed by atoms with Crippen molar-refractivity contribution in [2.45, 2.75) is 13.5 Å². The molecule has 0 saturated heterocycles. The summed E-state index contributed by atoms with van der Waals surface area (Å²) >= 11 is 10.8. The summed E-state index contributed by atoms with van der Waals surface area (Å²) in [5.74, 6) is -1.04. The second kappa shape index (κ2) is 4.48. The molecule has 0 aliphatic rings. The Kier molecular flexibility index (Phi) is 3.55. The van der Waals surface area contributed by atoms with Crippen molar-refractivity contribution in [1.29, 1.82) is 0 Å². The molecular weight excluding hydrogens is 227 g/mol. The van der Waals surface area contributed by atoms with Crippen LogP contribution in [0.4, 0.5) is 0 Å². The Morgan fingerprint density at radius 2 is 2.36 bits per heavy atom. The van der Waals surface area contributed by atoms with Crippen molar-refractivity contribution >= 4 is 29.2 Å². The van der Waals surface area contributed by atoms with E-state index in [1.165, 1.54) is 10.8 Å². The molecule has 0 spiro atoms. The molecule has 0 unspecified atom stereocenters. The summed E-state index contributed by atoms with van der Waals surface area (Å²) in [6.07, 6.45) is 3.15. The van der Waals surface area contributed by atoms with Gasteiger partial charge >= 0.3 is 5.97 Å². The van der Waals surface area contributed by atoms with E-state index in [1.54, 1.807) is 13.1 Å². The van der Waals surface area contributed by atoms with Crippen molar-refractivity contribution in [3.63, 3.8) is 0 Å². The van der Waals surface area contributed by atoms with Gasteiger partial charge in [0.1, 0.15) is 4.49 Å². The molecule has 1 N–H and O–H groups in total. The number of rotatable bonds is 3. The van der Waals surface area contributed by atoms with Gasteiger partial charge in [-0.05, 0) is 13.0 Å². The van der Waals surface area contributed by atoms with Gasteiger partial charge in [-0.25, -0.2) is 4.79 Å². The van der Waals surface area contributed by atoms with Gasteiger partial charge in [0, 0.05) is 11.8 Å². The highest BCUT2D eigenvalue weighted by atomic mass is 35.5. The SMILES string of the molecule is Cc1cn(CC=C(Cl)Cl)nc1C(=O)O. The van der Waals surface area contributed by atoms with E-state index >= 15 is 0 Å². The third kappa shape index (κ3) is 2.75. The summed E-state index contributed by atoms with van der Waals surface area (Å²) < 4.78 is 1.60. The summed E-state index contributed by atoms with van der Waals surface area (Å²) in [6, 6.07) is 0. The Labute approximate surface area is 90.7 Å². The summed E-state index contributed by atoms with van der Waals surface area (Å²) in [5.41, 5.74) is 0.653. The number of aryl methyl sites for hydroxylation is 1. The third-order valence-corrected chi connectivity index (χ3v) is 1.89. The van der Waals surface area contributed by atoms with Crippen LogP contribution in [0.1, 0.15) is 16.1 Å². The summed E-state index contributed by atoms with van der Waals surface area (Å²) in [4.78, 5) is 10.6. The topological polar surface area (TPSA) is 55.1 Å². The van der Waals surface area contributed by atoms with Crippen LogP contribution in [0.25, 0.3) is 0 Å². The molecule has 76 valence electrons. The van der Waals surface area contributed by atoms with Crippen LogP contribution in [0.15, 0.2) is 16.8 Å². The molecule has 0 aromatic carbocycles. The van der Waals surface area contributed by atoms with E-state index in [2.05, 4.69) is 5.10 Å². The number of aromatic nitrogens is 2. The van der Waals surface area contributed by atoms with E-state index in [4.69, 9.17) is 28.3 Å². The van der Waals surface area contributed by atoms with Gasteiger partial charge in [-0.2, -0.15) is 5.10 Å². The van der Waals surface area contributed by atoms with Gasteiger partial charge in [0.05, 0.1) is 6.54 Å². The zero-order chi connectivity index (χ0) is 10.7. The largest absolute Gasteiger partial charge is 0.476 e. The first-order valence-electron chi connectivity index (χ1n) is 3.79. The van der Waals surface area contributed by atoms with E-state index in [0.29, 0.717) is 12.1 Å². The summed E-state index contributed by atoms with van der Waals surface area (Å²) in [6.45, 7) is 2.04. The van der Waals surface area contributed by atoms with E-state index < -0.39 is 5.97 Å². The molecule has 0 amide bonds. The predicted molar refractivity (Wildman–Crippen MR) is 53.7 cm³/mol. The highest BCUT2D eigenvalue weighted by molar-refractivity contribution is 6.55. The number of nitrogens with zero attached hydrogens (tertiary/aromatic N) is 2. The minimum Gasteiger partial charge on any atom is -0.476 e. The Morgan fingerprint density at radius 1 is 1.71 bits per heavy atom. The number of carboxylic acid groups (broad SMARTS) is 1. The molecular formula is C8H8Cl2N2O2. The molecule has 1 rings (SSSR count). The maximum Gasteiger partial charge on any atom is 0.356 e. The van der Waals surface area contributed by atoms with Gasteiger partial charge in [0.15, 0.2) is 5.69 Å². The lowest BCUT2D eigenvalue weighted by Gasteiger charge is -1.93. The van der Waals surface area contributed by atoms with Crippen molar-refractivity contribution in [1.82, 2.24) is 9.78 Å². The Morgan fingerprint density at radius 3 is 2.79 bits per heavy atom. The van der Waals surface area contributed by atoms with Gasteiger partial charge in [0.25, 0.3) is 0 Å². The van der Waals surface area contributed by atoms with E-state index in [1.807, 2.05) is 0 Å². The number of carbonyl (C=O) groups is 1. The van der Waals surface area contributed by atoms with E-state index in [9.17, 15) is 4.79 Å². The van der Waals surface area contributed by atoms with Gasteiger partial charge < -0.3 is 5.11 Å². The second-order valence-corrected chi connectivity index (χ2v) is 3.69. The molecule has 4 nitrogen and oxygen atoms in total. The normalized spacial score (nSPS) is 9.93. The van der Waals surface area contributed by atoms with Crippen molar-refractivity contribution in [2.75, 3.05) is 0 Å². The van der Waals surface area contributed by atoms with Gasteiger partial charge in [-0.15, -0.1) is 0 Å². The fraction of sp³-hybridized carbons (Fsp3) is 0.250. The molecule has 1 aromatic rings. The van der Waals surface area contributed by atoms with Crippen molar-refractivity contribution < 1.29 is 9.90 Å². The molecule has 0 radical (unpaired) electrons. The van der Waals surface area contributed by atoms with Crippen LogP contribution < -0.4 is 0 Å². The quantitative estimate of drug-likeness (QED) is 0.873. The first-order chi connectivity index (χ1) is 6.50. The number of carboxylic acids is 1. The molecule has 0 fully saturated rings. The van der Waals surface area contributed by atoms with Crippen molar-refractivity contribution in [3.05, 3.63) is 28.0 Å². The van der Waals surface area contributed by atoms with Crippen LogP contribution in [0, 0.1) is 6.92 Å². The van der Waals surface area contributed by atoms with Crippen LogP contribution in [0.5, 0.6) is 0 Å². The standard InChI is InChI=1S/C8H8Cl2N2O2/c1-5-4-12(3-2-6(9)10)11-7(5)8(13)14/h2,4H,3H2,1H3,(H,13,14). The number of aromatic carboxylic acids is 1. The molecule has 1 aromatic heterocycles. The molecule has 0 saturated carbocycles. The zero-order valence-electron chi connectivity index (χ0n) is 7.37. The highest BCUT2D eigenvalue weighted by Gasteiger charge is 2.11. The van der Waals surface area contributed by atoms with E-state index in [0.717, 1.165) is 0 Å². The maximum absolute atomic E-state index is 10.6. The highest BCUT2D eigenvalue weighted by Crippen LogP contribution is 2.08. The van der Waals surface area contributed by atoms with Crippen molar-refractivity contribution in [2.24, 2.45) is 0 Å². The molecule has 14 heavy (non-hydrogen) atoms. The van der Waals surface area contributed by atoms with Crippen LogP contribution in [0.2, 0.25) is 0 Å². The lowest BCUT2D eigenvalue weighted by molar-refractivity contribution is 0.0689. The van der Waals surface area contributed by atoms with E-state index in [-0.39, 0.29) is 10.2 Å². The maximum atomic E-state index is 10.6. The molecule has 6 heteroatoms. The molecule has 1 heterocycles. The van der Waals surface area contributed by atoms with Crippen LogP contribution in [-0.4, -0.2) is 20.9 Å². The average molecular weight is 235 g/mol. The fourth-order valence-electron chi connectivity index (χ4n) is 0.988. The van der Waals surface area contributed by atoms with Crippen molar-refractivity contribution in [3.8, 4) is 0 Å². The Balaban J connectivity index is 2.86. The Bertz CT molecular complexity index is 381. The predicted octanol–water partition coefficient (Wildman–Crippen LogP) is 2.21. The molecule has 0 bridgehead atoms. The lowest BCUT2D eigenvalue weighted by atomic mass is 10.3. The molecule has 0 aliphatic heterocycles. The first-order valence-corrected chi connectivity index (χ1v) is 4.55. The summed E-state index contributed by atoms with van der Waals surface area (Å²) in [7, 11) is 0. The fourth-order valence-corrected chi connectivity index (χ4v) is 1.13. The summed E-state index contributed by atoms with van der Waals surface area (Å²) in [5, 5.41) is 12.5. The number of allylic oxidation sites excluding steroid dienone is 1. The number of halogens is 2. The van der Waals surface area contributed by atoms with Gasteiger partial charge in [-0.3, -0.25) is 4.68 Å². The van der Waals surface area contributed by atoms with Crippen LogP contribution in [0.3, 0.4) is 0 Å².